The van der Waals surface area contributed by atoms with E-state index in [9.17, 15) is 4.79 Å². The highest BCUT2D eigenvalue weighted by Crippen LogP contribution is 2.24. The maximum atomic E-state index is 12.5. The maximum absolute atomic E-state index is 12.5. The van der Waals surface area contributed by atoms with Crippen molar-refractivity contribution in [2.24, 2.45) is 0 Å². The molecule has 0 fully saturated rings. The van der Waals surface area contributed by atoms with Crippen molar-refractivity contribution in [3.05, 3.63) is 72.9 Å². The molecular formula is C17H12N6OS. The Bertz CT molecular complexity index is 997. The minimum Gasteiger partial charge on any atom is -0.306 e. The molecule has 4 aromatic rings. The second-order valence-electron chi connectivity index (χ2n) is 5.10. The molecule has 8 heteroatoms. The number of imidazole rings is 1. The first-order valence-electron chi connectivity index (χ1n) is 7.44. The van der Waals surface area contributed by atoms with Gasteiger partial charge in [-0.25, -0.2) is 4.98 Å². The lowest BCUT2D eigenvalue weighted by Crippen LogP contribution is -2.12. The van der Waals surface area contributed by atoms with Gasteiger partial charge in [0.2, 0.25) is 5.13 Å². The van der Waals surface area contributed by atoms with Crippen LogP contribution in [0.3, 0.4) is 0 Å². The molecule has 0 saturated heterocycles. The molecule has 0 aliphatic heterocycles. The van der Waals surface area contributed by atoms with Crippen molar-refractivity contribution >= 4 is 22.4 Å². The summed E-state index contributed by atoms with van der Waals surface area (Å²) in [7, 11) is 0. The molecule has 1 N–H and O–H groups in total. The minimum atomic E-state index is -0.245. The zero-order valence-electron chi connectivity index (χ0n) is 12.9. The van der Waals surface area contributed by atoms with E-state index in [1.807, 2.05) is 41.1 Å². The molecule has 0 aliphatic rings. The highest BCUT2D eigenvalue weighted by atomic mass is 32.1. The molecule has 122 valence electrons. The lowest BCUT2D eigenvalue weighted by molar-refractivity contribution is 0.102. The van der Waals surface area contributed by atoms with E-state index in [4.69, 9.17) is 0 Å². The Balaban J connectivity index is 1.53. The first-order valence-corrected chi connectivity index (χ1v) is 8.26. The third kappa shape index (κ3) is 3.29. The normalized spacial score (nSPS) is 10.6. The molecule has 0 saturated carbocycles. The van der Waals surface area contributed by atoms with E-state index >= 15 is 0 Å². The Labute approximate surface area is 147 Å². The topological polar surface area (TPSA) is 85.6 Å². The third-order valence-electron chi connectivity index (χ3n) is 3.44. The average Bonchev–Trinajstić information content (AvgIpc) is 3.35. The van der Waals surface area contributed by atoms with E-state index in [-0.39, 0.29) is 5.91 Å². The number of hydrogen-bond acceptors (Lipinski definition) is 6. The molecular weight excluding hydrogens is 336 g/mol. The molecule has 0 bridgehead atoms. The van der Waals surface area contributed by atoms with Crippen molar-refractivity contribution in [2.45, 2.75) is 0 Å². The largest absolute Gasteiger partial charge is 0.306 e. The van der Waals surface area contributed by atoms with E-state index in [0.29, 0.717) is 15.7 Å². The highest BCUT2D eigenvalue weighted by molar-refractivity contribution is 7.18. The lowest BCUT2D eigenvalue weighted by Gasteiger charge is -2.05. The van der Waals surface area contributed by atoms with Crippen molar-refractivity contribution in [2.75, 3.05) is 5.32 Å². The van der Waals surface area contributed by atoms with Crippen LogP contribution < -0.4 is 5.32 Å². The Morgan fingerprint density at radius 1 is 1.08 bits per heavy atom. The molecule has 0 spiro atoms. The second kappa shape index (κ2) is 6.62. The van der Waals surface area contributed by atoms with Gasteiger partial charge in [-0.15, -0.1) is 10.2 Å². The summed E-state index contributed by atoms with van der Waals surface area (Å²) in [6.45, 7) is 0. The molecule has 0 radical (unpaired) electrons. The smallest absolute Gasteiger partial charge is 0.257 e. The number of hydrogen-bond donors (Lipinski definition) is 1. The third-order valence-corrected chi connectivity index (χ3v) is 4.30. The Morgan fingerprint density at radius 3 is 2.84 bits per heavy atom. The number of nitrogens with zero attached hydrogens (tertiary/aromatic N) is 5. The van der Waals surface area contributed by atoms with Crippen molar-refractivity contribution in [3.63, 3.8) is 0 Å². The van der Waals surface area contributed by atoms with Crippen LogP contribution in [-0.4, -0.2) is 30.6 Å². The van der Waals surface area contributed by atoms with Crippen LogP contribution in [0.5, 0.6) is 0 Å². The summed E-state index contributed by atoms with van der Waals surface area (Å²) in [6, 6.07) is 12.8. The van der Waals surface area contributed by atoms with E-state index < -0.39 is 0 Å². The monoisotopic (exact) mass is 348 g/mol. The molecule has 0 aliphatic carbocycles. The predicted octanol–water partition coefficient (Wildman–Crippen LogP) is 3.04. The fourth-order valence-corrected chi connectivity index (χ4v) is 2.97. The quantitative estimate of drug-likeness (QED) is 0.613. The summed E-state index contributed by atoms with van der Waals surface area (Å²) >= 11 is 1.28. The van der Waals surface area contributed by atoms with Gasteiger partial charge in [-0.1, -0.05) is 23.5 Å². The molecule has 25 heavy (non-hydrogen) atoms. The zero-order valence-corrected chi connectivity index (χ0v) is 13.7. The summed E-state index contributed by atoms with van der Waals surface area (Å²) in [5.41, 5.74) is 2.11. The Hall–Kier alpha value is -3.39. The lowest BCUT2D eigenvalue weighted by atomic mass is 10.2. The van der Waals surface area contributed by atoms with Crippen LogP contribution in [0.15, 0.2) is 67.4 Å². The van der Waals surface area contributed by atoms with Gasteiger partial charge in [-0.2, -0.15) is 0 Å². The van der Waals surface area contributed by atoms with Gasteiger partial charge in [0.25, 0.3) is 5.91 Å². The van der Waals surface area contributed by atoms with Gasteiger partial charge in [-0.3, -0.25) is 15.1 Å². The highest BCUT2D eigenvalue weighted by Gasteiger charge is 2.12. The zero-order chi connectivity index (χ0) is 17.1. The van der Waals surface area contributed by atoms with Gasteiger partial charge >= 0.3 is 0 Å². The summed E-state index contributed by atoms with van der Waals surface area (Å²) < 4.78 is 1.83. The van der Waals surface area contributed by atoms with Gasteiger partial charge in [0.1, 0.15) is 5.69 Å². The molecule has 1 aromatic carbocycles. The van der Waals surface area contributed by atoms with E-state index in [1.165, 1.54) is 11.3 Å². The summed E-state index contributed by atoms with van der Waals surface area (Å²) in [4.78, 5) is 20.7. The van der Waals surface area contributed by atoms with Crippen molar-refractivity contribution < 1.29 is 4.79 Å². The molecule has 3 aromatic heterocycles. The van der Waals surface area contributed by atoms with Gasteiger partial charge in [-0.05, 0) is 30.3 Å². The van der Waals surface area contributed by atoms with Gasteiger partial charge in [0, 0.05) is 29.8 Å². The minimum absolute atomic E-state index is 0.245. The van der Waals surface area contributed by atoms with Crippen LogP contribution in [0, 0.1) is 0 Å². The van der Waals surface area contributed by atoms with E-state index in [2.05, 4.69) is 25.5 Å². The summed E-state index contributed by atoms with van der Waals surface area (Å²) in [5, 5.41) is 11.9. The molecule has 0 unspecified atom stereocenters. The van der Waals surface area contributed by atoms with Crippen LogP contribution in [0.4, 0.5) is 5.13 Å². The van der Waals surface area contributed by atoms with Crippen LogP contribution in [-0.2, 0) is 0 Å². The number of carbonyl (C=O) groups excluding carboxylic acids is 1. The maximum Gasteiger partial charge on any atom is 0.257 e. The summed E-state index contributed by atoms with van der Waals surface area (Å²) in [5.74, 6) is -0.245. The predicted molar refractivity (Wildman–Crippen MR) is 94.7 cm³/mol. The number of carbonyl (C=O) groups is 1. The van der Waals surface area contributed by atoms with Crippen LogP contribution >= 0.6 is 11.3 Å². The first kappa shape index (κ1) is 15.2. The number of benzene rings is 1. The SMILES string of the molecule is O=C(Nc1nnc(-c2ccccn2)s1)c1cccc(-n2ccnc2)c1. The average molecular weight is 348 g/mol. The number of rotatable bonds is 4. The van der Waals surface area contributed by atoms with E-state index in [0.717, 1.165) is 11.4 Å². The van der Waals surface area contributed by atoms with Crippen LogP contribution in [0.2, 0.25) is 0 Å². The fraction of sp³-hybridized carbons (Fsp3) is 0. The number of amides is 1. The van der Waals surface area contributed by atoms with Crippen molar-refractivity contribution in [1.82, 2.24) is 24.7 Å². The molecule has 3 heterocycles. The van der Waals surface area contributed by atoms with Crippen molar-refractivity contribution in [3.8, 4) is 16.4 Å². The second-order valence-corrected chi connectivity index (χ2v) is 6.08. The first-order chi connectivity index (χ1) is 12.3. The molecule has 7 nitrogen and oxygen atoms in total. The molecule has 1 amide bonds. The van der Waals surface area contributed by atoms with Gasteiger partial charge in [0.15, 0.2) is 5.01 Å². The van der Waals surface area contributed by atoms with Gasteiger partial charge in [0.05, 0.1) is 6.33 Å². The van der Waals surface area contributed by atoms with E-state index in [1.54, 1.807) is 30.9 Å². The summed E-state index contributed by atoms with van der Waals surface area (Å²) in [6.07, 6.45) is 6.88. The number of anilines is 1. The molecule has 4 rings (SSSR count). The number of aromatic nitrogens is 5. The number of pyridine rings is 1. The Kier molecular flexibility index (Phi) is 4.01. The van der Waals surface area contributed by atoms with Gasteiger partial charge < -0.3 is 4.57 Å². The standard InChI is InChI=1S/C17H12N6OS/c24-15(12-4-3-5-13(10-12)23-9-8-18-11-23)20-17-22-21-16(25-17)14-6-1-2-7-19-14/h1-11H,(H,20,22,24). The van der Waals surface area contributed by atoms with Crippen molar-refractivity contribution in [1.29, 1.82) is 0 Å². The molecule has 0 atom stereocenters. The van der Waals surface area contributed by atoms with Crippen LogP contribution in [0.25, 0.3) is 16.4 Å². The number of nitrogens with one attached hydrogen (secondary N) is 1. The van der Waals surface area contributed by atoms with Crippen LogP contribution in [0.1, 0.15) is 10.4 Å². The Morgan fingerprint density at radius 2 is 2.04 bits per heavy atom. The fourth-order valence-electron chi connectivity index (χ4n) is 2.26.